The Morgan fingerprint density at radius 2 is 2.25 bits per heavy atom. The topological polar surface area (TPSA) is 75.9 Å². The number of nitrogens with one attached hydrogen (secondary N) is 2. The van der Waals surface area contributed by atoms with Gasteiger partial charge in [-0.1, -0.05) is 6.42 Å². The fourth-order valence-corrected chi connectivity index (χ4v) is 4.58. The van der Waals surface area contributed by atoms with Crippen LogP contribution in [0.5, 0.6) is 0 Å². The molecule has 0 amide bonds. The van der Waals surface area contributed by atoms with E-state index < -0.39 is 0 Å². The quantitative estimate of drug-likeness (QED) is 0.595. The van der Waals surface area contributed by atoms with E-state index in [2.05, 4.69) is 40.0 Å². The van der Waals surface area contributed by atoms with Crippen molar-refractivity contribution in [2.45, 2.75) is 37.5 Å². The molecular formula is C13H19N5S2. The molecule has 2 atom stereocenters. The zero-order valence-electron chi connectivity index (χ0n) is 11.6. The minimum atomic E-state index is 0.473. The molecule has 2 heterocycles. The standard InChI is InChI=1S/C13H19N5S2/c1-7-6-8-11(15-9-4-3-5-10(9)19-2)16-13(18-14)17-12(8)20-7/h6,9-10H,3-5,14H2,1-2H3,(H2,15,16,17,18). The number of rotatable bonds is 4. The summed E-state index contributed by atoms with van der Waals surface area (Å²) in [5, 5.41) is 5.37. The lowest BCUT2D eigenvalue weighted by molar-refractivity contribution is 0.764. The summed E-state index contributed by atoms with van der Waals surface area (Å²) in [6.07, 6.45) is 5.94. The van der Waals surface area contributed by atoms with Crippen molar-refractivity contribution < 1.29 is 0 Å². The smallest absolute Gasteiger partial charge is 0.240 e. The van der Waals surface area contributed by atoms with E-state index in [4.69, 9.17) is 5.84 Å². The van der Waals surface area contributed by atoms with Crippen LogP contribution in [0.4, 0.5) is 11.8 Å². The van der Waals surface area contributed by atoms with E-state index >= 15 is 0 Å². The summed E-state index contributed by atoms with van der Waals surface area (Å²) in [5.41, 5.74) is 2.56. The Morgan fingerprint density at radius 3 is 3.00 bits per heavy atom. The van der Waals surface area contributed by atoms with E-state index in [-0.39, 0.29) is 0 Å². The first-order chi connectivity index (χ1) is 9.71. The molecule has 0 spiro atoms. The minimum Gasteiger partial charge on any atom is -0.366 e. The Kier molecular flexibility index (Phi) is 4.00. The lowest BCUT2D eigenvalue weighted by Crippen LogP contribution is -2.26. The summed E-state index contributed by atoms with van der Waals surface area (Å²) in [5.74, 6) is 6.85. The van der Waals surface area contributed by atoms with E-state index in [1.807, 2.05) is 11.8 Å². The van der Waals surface area contributed by atoms with Crippen molar-refractivity contribution in [3.8, 4) is 0 Å². The maximum atomic E-state index is 5.48. The van der Waals surface area contributed by atoms with Crippen molar-refractivity contribution in [1.82, 2.24) is 9.97 Å². The molecule has 1 aliphatic carbocycles. The Labute approximate surface area is 126 Å². The number of nitrogens with two attached hydrogens (primary N) is 1. The van der Waals surface area contributed by atoms with Gasteiger partial charge in [0.15, 0.2) is 0 Å². The van der Waals surface area contributed by atoms with Gasteiger partial charge < -0.3 is 5.32 Å². The number of hydrogen-bond donors (Lipinski definition) is 3. The molecule has 1 fully saturated rings. The summed E-state index contributed by atoms with van der Waals surface area (Å²) < 4.78 is 0. The monoisotopic (exact) mass is 309 g/mol. The van der Waals surface area contributed by atoms with Gasteiger partial charge in [-0.05, 0) is 32.1 Å². The molecule has 7 heteroatoms. The first-order valence-electron chi connectivity index (χ1n) is 6.75. The van der Waals surface area contributed by atoms with Crippen LogP contribution in [-0.2, 0) is 0 Å². The molecule has 2 aromatic rings. The third-order valence-electron chi connectivity index (χ3n) is 3.72. The molecule has 1 aliphatic rings. The number of nitrogens with zero attached hydrogens (tertiary/aromatic N) is 2. The number of hydrazine groups is 1. The molecule has 108 valence electrons. The van der Waals surface area contributed by atoms with Gasteiger partial charge in [-0.25, -0.2) is 10.8 Å². The number of anilines is 2. The second-order valence-electron chi connectivity index (χ2n) is 5.07. The van der Waals surface area contributed by atoms with Crippen molar-refractivity contribution in [1.29, 1.82) is 0 Å². The number of hydrogen-bond acceptors (Lipinski definition) is 7. The highest BCUT2D eigenvalue weighted by atomic mass is 32.2. The van der Waals surface area contributed by atoms with Crippen LogP contribution in [-0.4, -0.2) is 27.5 Å². The number of aromatic nitrogens is 2. The summed E-state index contributed by atoms with van der Waals surface area (Å²) in [7, 11) is 0. The molecule has 2 unspecified atom stereocenters. The summed E-state index contributed by atoms with van der Waals surface area (Å²) in [4.78, 5) is 11.1. The van der Waals surface area contributed by atoms with Crippen LogP contribution in [0.2, 0.25) is 0 Å². The zero-order chi connectivity index (χ0) is 14.1. The maximum Gasteiger partial charge on any atom is 0.240 e. The van der Waals surface area contributed by atoms with Gasteiger partial charge in [-0.2, -0.15) is 16.7 Å². The molecule has 2 aromatic heterocycles. The molecule has 1 saturated carbocycles. The highest BCUT2D eigenvalue weighted by molar-refractivity contribution is 7.99. The average Bonchev–Trinajstić information content (AvgIpc) is 3.03. The molecule has 5 nitrogen and oxygen atoms in total. The van der Waals surface area contributed by atoms with Gasteiger partial charge in [-0.3, -0.25) is 5.43 Å². The Morgan fingerprint density at radius 1 is 1.40 bits per heavy atom. The predicted molar refractivity (Wildman–Crippen MR) is 88.5 cm³/mol. The van der Waals surface area contributed by atoms with Crippen molar-refractivity contribution in [3.63, 3.8) is 0 Å². The van der Waals surface area contributed by atoms with E-state index in [0.717, 1.165) is 16.0 Å². The first kappa shape index (κ1) is 13.9. The van der Waals surface area contributed by atoms with Gasteiger partial charge in [0, 0.05) is 16.2 Å². The highest BCUT2D eigenvalue weighted by Crippen LogP contribution is 2.34. The third-order valence-corrected chi connectivity index (χ3v) is 5.84. The molecule has 0 aliphatic heterocycles. The van der Waals surface area contributed by atoms with Crippen LogP contribution >= 0.6 is 23.1 Å². The number of thioether (sulfide) groups is 1. The van der Waals surface area contributed by atoms with Crippen molar-refractivity contribution in [3.05, 3.63) is 10.9 Å². The van der Waals surface area contributed by atoms with Crippen molar-refractivity contribution in [2.75, 3.05) is 17.0 Å². The van der Waals surface area contributed by atoms with E-state index in [9.17, 15) is 0 Å². The van der Waals surface area contributed by atoms with Crippen LogP contribution in [0.3, 0.4) is 0 Å². The first-order valence-corrected chi connectivity index (χ1v) is 8.86. The molecular weight excluding hydrogens is 290 g/mol. The van der Waals surface area contributed by atoms with Gasteiger partial charge >= 0.3 is 0 Å². The third kappa shape index (κ3) is 2.57. The fraction of sp³-hybridized carbons (Fsp3) is 0.538. The van der Waals surface area contributed by atoms with Crippen molar-refractivity contribution >= 4 is 45.1 Å². The van der Waals surface area contributed by atoms with Crippen LogP contribution in [0.25, 0.3) is 10.2 Å². The van der Waals surface area contributed by atoms with E-state index in [0.29, 0.717) is 17.2 Å². The molecule has 20 heavy (non-hydrogen) atoms. The lowest BCUT2D eigenvalue weighted by Gasteiger charge is -2.20. The van der Waals surface area contributed by atoms with E-state index in [1.165, 1.54) is 24.1 Å². The van der Waals surface area contributed by atoms with Crippen LogP contribution < -0.4 is 16.6 Å². The fourth-order valence-electron chi connectivity index (χ4n) is 2.77. The highest BCUT2D eigenvalue weighted by Gasteiger charge is 2.27. The number of fused-ring (bicyclic) bond motifs is 1. The predicted octanol–water partition coefficient (Wildman–Crippen LogP) is 2.98. The van der Waals surface area contributed by atoms with Gasteiger partial charge in [-0.15, -0.1) is 11.3 Å². The Bertz CT molecular complexity index is 612. The number of nitrogen functional groups attached to an aromatic ring is 1. The maximum absolute atomic E-state index is 5.48. The molecule has 0 bridgehead atoms. The van der Waals surface area contributed by atoms with Gasteiger partial charge in [0.1, 0.15) is 10.6 Å². The molecule has 3 rings (SSSR count). The normalized spacial score (nSPS) is 22.4. The largest absolute Gasteiger partial charge is 0.366 e. The molecule has 0 saturated heterocycles. The van der Waals surface area contributed by atoms with Gasteiger partial charge in [0.2, 0.25) is 5.95 Å². The number of aryl methyl sites for hydroxylation is 1. The molecule has 4 N–H and O–H groups in total. The van der Waals surface area contributed by atoms with Crippen LogP contribution in [0.15, 0.2) is 6.07 Å². The van der Waals surface area contributed by atoms with Crippen LogP contribution in [0, 0.1) is 6.92 Å². The second-order valence-corrected chi connectivity index (χ2v) is 7.38. The van der Waals surface area contributed by atoms with Gasteiger partial charge in [0.25, 0.3) is 0 Å². The summed E-state index contributed by atoms with van der Waals surface area (Å²) >= 11 is 3.61. The SMILES string of the molecule is CSC1CCCC1Nc1nc(NN)nc2sc(C)cc12. The van der Waals surface area contributed by atoms with Crippen molar-refractivity contribution in [2.24, 2.45) is 5.84 Å². The lowest BCUT2D eigenvalue weighted by atomic mass is 10.2. The van der Waals surface area contributed by atoms with E-state index in [1.54, 1.807) is 11.3 Å². The number of thiophene rings is 1. The minimum absolute atomic E-state index is 0.473. The average molecular weight is 309 g/mol. The molecule has 0 radical (unpaired) electrons. The Hall–Kier alpha value is -1.05. The zero-order valence-corrected chi connectivity index (χ0v) is 13.3. The second kappa shape index (κ2) is 5.75. The van der Waals surface area contributed by atoms with Gasteiger partial charge in [0.05, 0.1) is 5.39 Å². The van der Waals surface area contributed by atoms with Crippen LogP contribution in [0.1, 0.15) is 24.1 Å². The summed E-state index contributed by atoms with van der Waals surface area (Å²) in [6.45, 7) is 2.09. The Balaban J connectivity index is 1.96. The summed E-state index contributed by atoms with van der Waals surface area (Å²) in [6, 6.07) is 2.63. The molecule has 0 aromatic carbocycles.